The summed E-state index contributed by atoms with van der Waals surface area (Å²) in [6.45, 7) is 3.46. The van der Waals surface area contributed by atoms with E-state index in [0.717, 1.165) is 31.6 Å². The topological polar surface area (TPSA) is 77.0 Å². The molecule has 12 heteroatoms. The van der Waals surface area contributed by atoms with Crippen LogP contribution in [0.1, 0.15) is 17.9 Å². The normalized spacial score (nSPS) is 14.3. The second kappa shape index (κ2) is 6.72. The Balaban J connectivity index is 1.73. The van der Waals surface area contributed by atoms with Crippen molar-refractivity contribution in [1.29, 1.82) is 0 Å². The minimum absolute atomic E-state index is 0.107. The van der Waals surface area contributed by atoms with Gasteiger partial charge in [0, 0.05) is 25.7 Å². The van der Waals surface area contributed by atoms with Crippen LogP contribution < -0.4 is 4.90 Å². The lowest BCUT2D eigenvalue weighted by atomic mass is 10.1. The Morgan fingerprint density at radius 1 is 1.03 bits per heavy atom. The van der Waals surface area contributed by atoms with E-state index in [4.69, 9.17) is 0 Å². The summed E-state index contributed by atoms with van der Waals surface area (Å²) in [6, 6.07) is 1.81. The maximum atomic E-state index is 14.7. The molecular formula is C19H16F4N8. The molecule has 1 fully saturated rings. The molecule has 0 aromatic carbocycles. The molecule has 0 amide bonds. The maximum absolute atomic E-state index is 14.7. The number of aromatic nitrogens is 7. The standard InChI is InChI=1S/C19H16F4N8/c1-10-27-14(16-18(30-6-3-7-30)24-9-26-31(10)16)12-8-25-29(2)15(12)11-4-5-13(19(21,22)23)28-17(11)20/h4-5,8-9H,3,6-7H2,1-2H3. The summed E-state index contributed by atoms with van der Waals surface area (Å²) < 4.78 is 56.5. The van der Waals surface area contributed by atoms with E-state index in [9.17, 15) is 17.6 Å². The Hall–Kier alpha value is -3.57. The Morgan fingerprint density at radius 2 is 1.81 bits per heavy atom. The van der Waals surface area contributed by atoms with Crippen LogP contribution in [0.3, 0.4) is 0 Å². The van der Waals surface area contributed by atoms with Gasteiger partial charge < -0.3 is 4.90 Å². The predicted octanol–water partition coefficient (Wildman–Crippen LogP) is 3.26. The van der Waals surface area contributed by atoms with E-state index in [1.54, 1.807) is 18.5 Å². The van der Waals surface area contributed by atoms with Crippen LogP contribution in [0.2, 0.25) is 0 Å². The monoisotopic (exact) mass is 432 g/mol. The molecule has 5 heterocycles. The molecule has 0 unspecified atom stereocenters. The highest BCUT2D eigenvalue weighted by atomic mass is 19.4. The SMILES string of the molecule is Cc1nc(-c2cnn(C)c2-c2ccc(C(F)(F)F)nc2F)c2c(N3CCC3)ncnn12. The lowest BCUT2D eigenvalue weighted by Gasteiger charge is -2.32. The van der Waals surface area contributed by atoms with Crippen molar-refractivity contribution in [1.82, 2.24) is 34.3 Å². The summed E-state index contributed by atoms with van der Waals surface area (Å²) in [5.41, 5.74) is 0.414. The Kier molecular flexibility index (Phi) is 4.21. The van der Waals surface area contributed by atoms with Crippen LogP contribution in [0.4, 0.5) is 23.4 Å². The predicted molar refractivity (Wildman–Crippen MR) is 103 cm³/mol. The lowest BCUT2D eigenvalue weighted by molar-refractivity contribution is -0.141. The second-order valence-electron chi connectivity index (χ2n) is 7.26. The molecule has 5 rings (SSSR count). The van der Waals surface area contributed by atoms with E-state index in [0.29, 0.717) is 28.4 Å². The van der Waals surface area contributed by atoms with Crippen LogP contribution in [-0.4, -0.2) is 47.4 Å². The molecule has 0 N–H and O–H groups in total. The van der Waals surface area contributed by atoms with Gasteiger partial charge in [-0.1, -0.05) is 0 Å². The molecule has 1 saturated heterocycles. The van der Waals surface area contributed by atoms with Gasteiger partial charge in [-0.25, -0.2) is 19.5 Å². The van der Waals surface area contributed by atoms with Crippen LogP contribution in [0, 0.1) is 12.9 Å². The van der Waals surface area contributed by atoms with Crippen molar-refractivity contribution in [3.05, 3.63) is 42.1 Å². The molecule has 0 radical (unpaired) electrons. The van der Waals surface area contributed by atoms with Crippen molar-refractivity contribution in [2.45, 2.75) is 19.5 Å². The van der Waals surface area contributed by atoms with Crippen LogP contribution in [0.15, 0.2) is 24.7 Å². The van der Waals surface area contributed by atoms with E-state index >= 15 is 0 Å². The number of aryl methyl sites for hydroxylation is 2. The van der Waals surface area contributed by atoms with Crippen molar-refractivity contribution >= 4 is 11.3 Å². The number of imidazole rings is 1. The van der Waals surface area contributed by atoms with Gasteiger partial charge in [0.15, 0.2) is 5.82 Å². The molecular weight excluding hydrogens is 416 g/mol. The number of pyridine rings is 1. The lowest BCUT2D eigenvalue weighted by Crippen LogP contribution is -2.38. The molecule has 4 aromatic heterocycles. The van der Waals surface area contributed by atoms with Gasteiger partial charge in [0.05, 0.1) is 17.5 Å². The van der Waals surface area contributed by atoms with E-state index in [1.807, 2.05) is 0 Å². The molecule has 0 aliphatic carbocycles. The zero-order valence-electron chi connectivity index (χ0n) is 16.5. The van der Waals surface area contributed by atoms with Crippen molar-refractivity contribution in [2.75, 3.05) is 18.0 Å². The third-order valence-electron chi connectivity index (χ3n) is 5.32. The Labute approximate surface area is 173 Å². The van der Waals surface area contributed by atoms with Crippen molar-refractivity contribution < 1.29 is 17.6 Å². The van der Waals surface area contributed by atoms with Crippen molar-refractivity contribution in [3.8, 4) is 22.5 Å². The minimum atomic E-state index is -4.74. The van der Waals surface area contributed by atoms with E-state index in [-0.39, 0.29) is 11.3 Å². The average molecular weight is 432 g/mol. The number of nitrogens with zero attached hydrogens (tertiary/aromatic N) is 8. The van der Waals surface area contributed by atoms with Gasteiger partial charge in [-0.05, 0) is 25.5 Å². The fraction of sp³-hybridized carbons (Fsp3) is 0.316. The molecule has 160 valence electrons. The number of hydrogen-bond donors (Lipinski definition) is 0. The smallest absolute Gasteiger partial charge is 0.355 e. The first-order valence-electron chi connectivity index (χ1n) is 9.47. The highest BCUT2D eigenvalue weighted by molar-refractivity contribution is 5.92. The molecule has 8 nitrogen and oxygen atoms in total. The average Bonchev–Trinajstić information content (AvgIpc) is 3.20. The van der Waals surface area contributed by atoms with Gasteiger partial charge in [0.25, 0.3) is 0 Å². The summed E-state index contributed by atoms with van der Waals surface area (Å²) in [7, 11) is 1.58. The van der Waals surface area contributed by atoms with Gasteiger partial charge in [-0.3, -0.25) is 4.68 Å². The summed E-state index contributed by atoms with van der Waals surface area (Å²) in [6.07, 6.45) is -0.752. The zero-order valence-corrected chi connectivity index (χ0v) is 16.5. The highest BCUT2D eigenvalue weighted by Crippen LogP contribution is 2.38. The largest absolute Gasteiger partial charge is 0.433 e. The van der Waals surface area contributed by atoms with Gasteiger partial charge in [-0.2, -0.15) is 27.8 Å². The van der Waals surface area contributed by atoms with Gasteiger partial charge in [-0.15, -0.1) is 0 Å². The summed E-state index contributed by atoms with van der Waals surface area (Å²) >= 11 is 0. The second-order valence-corrected chi connectivity index (χ2v) is 7.26. The van der Waals surface area contributed by atoms with Crippen molar-refractivity contribution in [3.63, 3.8) is 0 Å². The number of hydrogen-bond acceptors (Lipinski definition) is 6. The molecule has 1 aliphatic heterocycles. The van der Waals surface area contributed by atoms with Gasteiger partial charge >= 0.3 is 6.18 Å². The quantitative estimate of drug-likeness (QED) is 0.365. The first-order chi connectivity index (χ1) is 14.8. The number of fused-ring (bicyclic) bond motifs is 1. The number of halogens is 4. The van der Waals surface area contributed by atoms with Crippen LogP contribution >= 0.6 is 0 Å². The molecule has 31 heavy (non-hydrogen) atoms. The molecule has 0 spiro atoms. The third kappa shape index (κ3) is 3.01. The summed E-state index contributed by atoms with van der Waals surface area (Å²) in [5.74, 6) is 0.0480. The van der Waals surface area contributed by atoms with E-state index < -0.39 is 17.8 Å². The van der Waals surface area contributed by atoms with E-state index in [2.05, 4.69) is 30.0 Å². The summed E-state index contributed by atoms with van der Waals surface area (Å²) in [5, 5.41) is 8.47. The van der Waals surface area contributed by atoms with Gasteiger partial charge in [0.2, 0.25) is 5.95 Å². The molecule has 1 aliphatic rings. The van der Waals surface area contributed by atoms with Crippen molar-refractivity contribution in [2.24, 2.45) is 7.05 Å². The number of anilines is 1. The van der Waals surface area contributed by atoms with Crippen LogP contribution in [-0.2, 0) is 13.2 Å². The molecule has 0 saturated carbocycles. The van der Waals surface area contributed by atoms with E-state index in [1.165, 1.54) is 17.2 Å². The van der Waals surface area contributed by atoms with Crippen LogP contribution in [0.5, 0.6) is 0 Å². The summed E-state index contributed by atoms with van der Waals surface area (Å²) in [4.78, 5) is 14.2. The maximum Gasteiger partial charge on any atom is 0.433 e. The fourth-order valence-electron chi connectivity index (χ4n) is 3.71. The fourth-order valence-corrected chi connectivity index (χ4v) is 3.71. The first-order valence-corrected chi connectivity index (χ1v) is 9.47. The zero-order chi connectivity index (χ0) is 21.9. The third-order valence-corrected chi connectivity index (χ3v) is 5.32. The van der Waals surface area contributed by atoms with Gasteiger partial charge in [0.1, 0.15) is 29.1 Å². The van der Waals surface area contributed by atoms with Crippen LogP contribution in [0.25, 0.3) is 28.0 Å². The first kappa shape index (κ1) is 19.4. The molecule has 0 bridgehead atoms. The Morgan fingerprint density at radius 3 is 2.45 bits per heavy atom. The number of rotatable bonds is 3. The molecule has 0 atom stereocenters. The highest BCUT2D eigenvalue weighted by Gasteiger charge is 2.34. The minimum Gasteiger partial charge on any atom is -0.355 e. The number of alkyl halides is 3. The molecule has 4 aromatic rings. The Bertz CT molecular complexity index is 1300.